The van der Waals surface area contributed by atoms with Gasteiger partial charge in [0.15, 0.2) is 11.5 Å². The first kappa shape index (κ1) is 41.7. The van der Waals surface area contributed by atoms with Gasteiger partial charge in [0.2, 0.25) is 16.5 Å². The summed E-state index contributed by atoms with van der Waals surface area (Å²) < 4.78 is 26.4. The molecule has 2 aliphatic heterocycles. The Morgan fingerprint density at radius 1 is 1.00 bits per heavy atom. The highest BCUT2D eigenvalue weighted by atomic mass is 32.2. The van der Waals surface area contributed by atoms with Crippen LogP contribution in [0.4, 0.5) is 9.59 Å². The zero-order valence-electron chi connectivity index (χ0n) is 30.6. The number of rotatable bonds is 15. The Hall–Kier alpha value is -6.95. The van der Waals surface area contributed by atoms with Gasteiger partial charge in [-0.2, -0.15) is 0 Å². The molecule has 0 spiro atoms. The van der Waals surface area contributed by atoms with Crippen LogP contribution >= 0.6 is 23.5 Å². The summed E-state index contributed by atoms with van der Waals surface area (Å²) in [5.41, 5.74) is -1.42. The summed E-state index contributed by atoms with van der Waals surface area (Å²) >= 11 is 2.16. The molecule has 4 aromatic rings. The van der Waals surface area contributed by atoms with Crippen LogP contribution in [0.2, 0.25) is 0 Å². The van der Waals surface area contributed by atoms with Gasteiger partial charge in [-0.15, -0.1) is 16.9 Å². The van der Waals surface area contributed by atoms with Gasteiger partial charge in [0.25, 0.3) is 11.8 Å². The highest BCUT2D eigenvalue weighted by Gasteiger charge is 2.54. The zero-order valence-corrected chi connectivity index (χ0v) is 32.3. The lowest BCUT2D eigenvalue weighted by atomic mass is 10.0. The van der Waals surface area contributed by atoms with Crippen molar-refractivity contribution in [3.8, 4) is 11.5 Å². The smallest absolute Gasteiger partial charge is 0.480 e. The molecule has 2 aromatic heterocycles. The first-order valence-corrected chi connectivity index (χ1v) is 19.3. The van der Waals surface area contributed by atoms with Gasteiger partial charge >= 0.3 is 24.2 Å². The Labute approximate surface area is 339 Å². The van der Waals surface area contributed by atoms with E-state index in [0.29, 0.717) is 5.57 Å². The standard InChI is InChI=1S/C35H31N7O15S2/c1-3-53-34(51)56-21-10-18-20(11-22(21)57-35(52)54-4-2)55-13-19(27(18)45)28(46)36-24(16-8-6-5-7-9-16)29(47)37-25-30(48)42-26(32(49)50)17(14-58-31(25)42)15-59-33-38-39-40-41(33)12-23(43)44/h5-11,13,24-25,31H,3-4,12,14-15H2,1-2H3,(H,36,46)(H,37,47)(H,43,44)(H,49,50)/t24?,25-,31+/m1/s1. The number of carbonyl (C=O) groups excluding carboxylic acids is 5. The van der Waals surface area contributed by atoms with E-state index in [-0.39, 0.29) is 57.9 Å². The minimum atomic E-state index is -1.49. The normalized spacial score (nSPS) is 16.3. The van der Waals surface area contributed by atoms with Crippen molar-refractivity contribution in [1.82, 2.24) is 35.7 Å². The van der Waals surface area contributed by atoms with Crippen molar-refractivity contribution in [3.05, 3.63) is 81.3 Å². The van der Waals surface area contributed by atoms with E-state index in [2.05, 4.69) is 26.2 Å². The second-order valence-electron chi connectivity index (χ2n) is 12.1. The molecule has 22 nitrogen and oxygen atoms in total. The predicted octanol–water partition coefficient (Wildman–Crippen LogP) is 1.94. The molecular formula is C35H31N7O15S2. The summed E-state index contributed by atoms with van der Waals surface area (Å²) in [6, 6.07) is 7.22. The largest absolute Gasteiger partial charge is 0.513 e. The van der Waals surface area contributed by atoms with Gasteiger partial charge in [0.1, 0.15) is 47.1 Å². The molecule has 308 valence electrons. The average Bonchev–Trinajstić information content (AvgIpc) is 3.64. The van der Waals surface area contributed by atoms with Crippen LogP contribution in [0.3, 0.4) is 0 Å². The van der Waals surface area contributed by atoms with Crippen LogP contribution < -0.4 is 25.5 Å². The van der Waals surface area contributed by atoms with Crippen LogP contribution in [0.25, 0.3) is 11.0 Å². The molecule has 3 atom stereocenters. The number of aromatic nitrogens is 4. The van der Waals surface area contributed by atoms with E-state index in [1.165, 1.54) is 37.7 Å². The second kappa shape index (κ2) is 18.1. The average molecular weight is 854 g/mol. The zero-order chi connectivity index (χ0) is 42.4. The number of thioether (sulfide) groups is 2. The van der Waals surface area contributed by atoms with E-state index in [1.54, 1.807) is 18.2 Å². The molecule has 24 heteroatoms. The van der Waals surface area contributed by atoms with E-state index in [4.69, 9.17) is 28.5 Å². The Morgan fingerprint density at radius 2 is 1.68 bits per heavy atom. The summed E-state index contributed by atoms with van der Waals surface area (Å²) in [6.07, 6.45) is -1.54. The third kappa shape index (κ3) is 9.12. The Bertz CT molecular complexity index is 2440. The Morgan fingerprint density at radius 3 is 2.32 bits per heavy atom. The fourth-order valence-corrected chi connectivity index (χ4v) is 8.15. The number of carbonyl (C=O) groups is 7. The highest BCUT2D eigenvalue weighted by molar-refractivity contribution is 8.01. The molecule has 1 saturated heterocycles. The fourth-order valence-electron chi connectivity index (χ4n) is 5.79. The highest BCUT2D eigenvalue weighted by Crippen LogP contribution is 2.42. The summed E-state index contributed by atoms with van der Waals surface area (Å²) in [7, 11) is 0. The van der Waals surface area contributed by atoms with Crippen LogP contribution in [0.1, 0.15) is 35.8 Å². The number of carboxylic acid groups (broad SMARTS) is 2. The van der Waals surface area contributed by atoms with Crippen molar-refractivity contribution in [2.45, 2.75) is 43.0 Å². The van der Waals surface area contributed by atoms with Gasteiger partial charge in [-0.3, -0.25) is 28.9 Å². The quantitative estimate of drug-likeness (QED) is 0.0575. The molecule has 4 N–H and O–H groups in total. The maximum atomic E-state index is 13.9. The first-order chi connectivity index (χ1) is 28.3. The third-order valence-corrected chi connectivity index (χ3v) is 10.8. The van der Waals surface area contributed by atoms with Crippen molar-refractivity contribution in [2.75, 3.05) is 24.7 Å². The SMILES string of the molecule is CCOC(=O)Oc1cc2occ(C(=O)NC(C(=O)N[C@@H]3C(=O)N4C(C(=O)O)=C(CSc5nnnn5CC(=O)O)CS[C@@H]34)c3ccccc3)c(=O)c2cc1OC(=O)OCC. The van der Waals surface area contributed by atoms with Crippen molar-refractivity contribution in [2.24, 2.45) is 0 Å². The maximum Gasteiger partial charge on any atom is 0.513 e. The first-order valence-electron chi connectivity index (χ1n) is 17.3. The Balaban J connectivity index is 1.22. The topological polar surface area (TPSA) is 298 Å². The number of hydrogen-bond acceptors (Lipinski definition) is 18. The van der Waals surface area contributed by atoms with Crippen molar-refractivity contribution >= 4 is 76.5 Å². The number of nitrogens with zero attached hydrogens (tertiary/aromatic N) is 5. The molecule has 4 heterocycles. The maximum absolute atomic E-state index is 13.9. The summed E-state index contributed by atoms with van der Waals surface area (Å²) in [5.74, 6) is -5.97. The number of carboxylic acids is 2. The van der Waals surface area contributed by atoms with E-state index in [0.717, 1.165) is 39.7 Å². The minimum Gasteiger partial charge on any atom is -0.480 e. The third-order valence-electron chi connectivity index (χ3n) is 8.37. The molecule has 0 radical (unpaired) electrons. The molecule has 2 aliphatic rings. The number of benzene rings is 2. The molecule has 0 saturated carbocycles. The lowest BCUT2D eigenvalue weighted by molar-refractivity contribution is -0.151. The van der Waals surface area contributed by atoms with Crippen molar-refractivity contribution < 1.29 is 67.1 Å². The molecule has 59 heavy (non-hydrogen) atoms. The predicted molar refractivity (Wildman–Crippen MR) is 200 cm³/mol. The molecule has 0 aliphatic carbocycles. The molecule has 0 bridgehead atoms. The number of hydrogen-bond donors (Lipinski definition) is 4. The summed E-state index contributed by atoms with van der Waals surface area (Å²) in [5, 5.41) is 34.1. The van der Waals surface area contributed by atoms with Crippen LogP contribution in [-0.4, -0.2) is 113 Å². The van der Waals surface area contributed by atoms with Gasteiger partial charge in [-0.1, -0.05) is 42.1 Å². The van der Waals surface area contributed by atoms with E-state index in [1.807, 2.05) is 0 Å². The molecule has 3 amide bonds. The summed E-state index contributed by atoms with van der Waals surface area (Å²) in [6.45, 7) is 2.41. The van der Waals surface area contributed by atoms with E-state index >= 15 is 0 Å². The molecular weight excluding hydrogens is 823 g/mol. The van der Waals surface area contributed by atoms with Crippen LogP contribution in [0, 0.1) is 0 Å². The molecule has 6 rings (SSSR count). The number of aliphatic carboxylic acids is 2. The second-order valence-corrected chi connectivity index (χ2v) is 14.2. The van der Waals surface area contributed by atoms with Gasteiger partial charge in [-0.25, -0.2) is 19.1 Å². The van der Waals surface area contributed by atoms with Gasteiger partial charge in [-0.05, 0) is 41.5 Å². The molecule has 1 fully saturated rings. The van der Waals surface area contributed by atoms with Gasteiger partial charge in [0.05, 0.1) is 18.6 Å². The lowest BCUT2D eigenvalue weighted by Gasteiger charge is -2.49. The van der Waals surface area contributed by atoms with E-state index < -0.39 is 82.7 Å². The Kier molecular flexibility index (Phi) is 12.8. The number of ether oxygens (including phenoxy) is 4. The monoisotopic (exact) mass is 853 g/mol. The number of fused-ring (bicyclic) bond motifs is 2. The lowest BCUT2D eigenvalue weighted by Crippen LogP contribution is -2.71. The van der Waals surface area contributed by atoms with Gasteiger partial charge in [0, 0.05) is 17.6 Å². The van der Waals surface area contributed by atoms with Crippen LogP contribution in [-0.2, 0) is 35.2 Å². The van der Waals surface area contributed by atoms with Gasteiger partial charge < -0.3 is 44.2 Å². The van der Waals surface area contributed by atoms with Crippen molar-refractivity contribution in [3.63, 3.8) is 0 Å². The van der Waals surface area contributed by atoms with E-state index in [9.17, 15) is 43.5 Å². The minimum absolute atomic E-state index is 0.00922. The molecule has 2 aromatic carbocycles. The number of β-lactam (4-membered cyclic amide) rings is 1. The number of tetrazole rings is 1. The molecule has 1 unspecified atom stereocenters. The number of amides is 3. The van der Waals surface area contributed by atoms with Crippen LogP contribution in [0.5, 0.6) is 11.5 Å². The number of nitrogens with one attached hydrogen (secondary N) is 2. The van der Waals surface area contributed by atoms with Crippen LogP contribution in [0.15, 0.2) is 74.4 Å². The van der Waals surface area contributed by atoms with Crippen molar-refractivity contribution in [1.29, 1.82) is 0 Å². The fraction of sp³-hybridized carbons (Fsp3) is 0.286. The summed E-state index contributed by atoms with van der Waals surface area (Å²) in [4.78, 5) is 104.